The van der Waals surface area contributed by atoms with Crippen LogP contribution in [0.1, 0.15) is 85.6 Å². The van der Waals surface area contributed by atoms with Crippen molar-refractivity contribution < 1.29 is 32.2 Å². The summed E-state index contributed by atoms with van der Waals surface area (Å²) in [5.41, 5.74) is -0.139. The van der Waals surface area contributed by atoms with Gasteiger partial charge in [0.25, 0.3) is 0 Å². The average molecular weight is 663 g/mol. The Morgan fingerprint density at radius 3 is 2.26 bits per heavy atom. The molecule has 252 valence electrons. The molecule has 8 nitrogen and oxygen atoms in total. The Morgan fingerprint density at radius 1 is 0.913 bits per heavy atom. The Bertz CT molecular complexity index is 1450. The molecular weight excluding hydrogens is 617 g/mol. The molecule has 0 spiro atoms. The summed E-state index contributed by atoms with van der Waals surface area (Å²) in [5.74, 6) is 0.0837. The normalized spacial score (nSPS) is 20.1. The average Bonchev–Trinajstić information content (AvgIpc) is 3.47. The van der Waals surface area contributed by atoms with Crippen LogP contribution in [0.15, 0.2) is 40.1 Å². The lowest BCUT2D eigenvalue weighted by atomic mass is 9.85. The zero-order valence-electron chi connectivity index (χ0n) is 27.5. The molecule has 1 saturated carbocycles. The highest BCUT2D eigenvalue weighted by atomic mass is 32.2. The number of fused-ring (bicyclic) bond motifs is 2. The first-order valence-corrected chi connectivity index (χ1v) is 16.9. The lowest BCUT2D eigenvalue weighted by molar-refractivity contribution is -0.137. The topological polar surface area (TPSA) is 83.1 Å². The number of alkyl halides is 3. The second kappa shape index (κ2) is 13.1. The van der Waals surface area contributed by atoms with Gasteiger partial charge in [-0.25, -0.2) is 14.5 Å². The lowest BCUT2D eigenvalue weighted by Crippen LogP contribution is -2.42. The largest absolute Gasteiger partial charge is 0.444 e. The van der Waals surface area contributed by atoms with Gasteiger partial charge in [-0.1, -0.05) is 18.2 Å². The van der Waals surface area contributed by atoms with Crippen LogP contribution in [-0.2, 0) is 15.7 Å². The minimum absolute atomic E-state index is 0.0837. The fraction of sp³-hybridized carbons (Fsp3) is 0.588. The van der Waals surface area contributed by atoms with Crippen molar-refractivity contribution in [2.75, 3.05) is 34.8 Å². The maximum absolute atomic E-state index is 14.3. The molecule has 2 aliphatic heterocycles. The summed E-state index contributed by atoms with van der Waals surface area (Å²) in [5, 5.41) is 6.23. The molecule has 0 bridgehead atoms. The molecule has 2 aromatic carbocycles. The Kier molecular flexibility index (Phi) is 9.69. The SMILES string of the molecule is CC(C)(C)OC(=O)NC1CCCC(CNc2cc(C(F)(F)F)cc3c2N(C(=O)OC(C)(C)C)c2ccc(N4CCCC4)cc2S3)C1. The van der Waals surface area contributed by atoms with E-state index in [1.807, 2.05) is 18.2 Å². The molecule has 2 amide bonds. The van der Waals surface area contributed by atoms with Crippen molar-refractivity contribution in [3.8, 4) is 0 Å². The van der Waals surface area contributed by atoms with Gasteiger partial charge >= 0.3 is 18.4 Å². The number of carbonyl (C=O) groups is 2. The highest BCUT2D eigenvalue weighted by Crippen LogP contribution is 2.54. The van der Waals surface area contributed by atoms with Crippen molar-refractivity contribution in [1.82, 2.24) is 5.32 Å². The van der Waals surface area contributed by atoms with Crippen molar-refractivity contribution in [2.24, 2.45) is 5.92 Å². The van der Waals surface area contributed by atoms with E-state index in [0.29, 0.717) is 34.1 Å². The van der Waals surface area contributed by atoms with Gasteiger partial charge in [0.05, 0.1) is 22.6 Å². The summed E-state index contributed by atoms with van der Waals surface area (Å²) in [6, 6.07) is 7.88. The first-order valence-electron chi connectivity index (χ1n) is 16.1. The van der Waals surface area contributed by atoms with Gasteiger partial charge in [-0.2, -0.15) is 13.2 Å². The van der Waals surface area contributed by atoms with Crippen molar-refractivity contribution in [3.63, 3.8) is 0 Å². The number of amides is 2. The van der Waals surface area contributed by atoms with Crippen LogP contribution in [0.3, 0.4) is 0 Å². The van der Waals surface area contributed by atoms with Crippen molar-refractivity contribution in [2.45, 2.75) is 113 Å². The fourth-order valence-electron chi connectivity index (χ4n) is 6.23. The third kappa shape index (κ3) is 8.35. The van der Waals surface area contributed by atoms with Crippen LogP contribution in [0.25, 0.3) is 0 Å². The third-order valence-corrected chi connectivity index (χ3v) is 9.24. The van der Waals surface area contributed by atoms with Crippen LogP contribution in [0.5, 0.6) is 0 Å². The molecule has 12 heteroatoms. The molecule has 3 aliphatic rings. The van der Waals surface area contributed by atoms with Crippen molar-refractivity contribution >= 4 is 46.7 Å². The Morgan fingerprint density at radius 2 is 1.61 bits per heavy atom. The van der Waals surface area contributed by atoms with E-state index >= 15 is 0 Å². The van der Waals surface area contributed by atoms with Gasteiger partial charge < -0.3 is 25.0 Å². The number of ether oxygens (including phenoxy) is 2. The molecule has 2 heterocycles. The minimum atomic E-state index is -4.59. The molecule has 1 saturated heterocycles. The number of anilines is 4. The van der Waals surface area contributed by atoms with Gasteiger partial charge in [-0.15, -0.1) is 0 Å². The van der Waals surface area contributed by atoms with Crippen molar-refractivity contribution in [1.29, 1.82) is 0 Å². The standard InChI is InChI=1S/C34H45F3N4O4S/c1-32(2,3)44-30(42)39-23-11-9-10-21(16-23)20-38-25-17-22(34(35,36)37)18-28-29(25)41(31(43)45-33(4,5)6)26-13-12-24(19-27(26)46-28)40-14-7-8-15-40/h12-13,17-19,21,23,38H,7-11,14-16,20H2,1-6H3,(H,39,42). The van der Waals surface area contributed by atoms with Gasteiger partial charge in [0.2, 0.25) is 0 Å². The van der Waals surface area contributed by atoms with Crippen molar-refractivity contribution in [3.05, 3.63) is 35.9 Å². The van der Waals surface area contributed by atoms with Crippen LogP contribution in [0.4, 0.5) is 45.5 Å². The van der Waals surface area contributed by atoms with E-state index < -0.39 is 35.1 Å². The minimum Gasteiger partial charge on any atom is -0.444 e. The molecular formula is C34H45F3N4O4S. The van der Waals surface area contributed by atoms with E-state index in [0.717, 1.165) is 63.0 Å². The van der Waals surface area contributed by atoms with Crippen LogP contribution >= 0.6 is 11.8 Å². The van der Waals surface area contributed by atoms with Crippen LogP contribution in [0.2, 0.25) is 0 Å². The Hall–Kier alpha value is -3.28. The number of hydrogen-bond donors (Lipinski definition) is 2. The number of rotatable bonds is 5. The number of benzene rings is 2. The number of hydrogen-bond acceptors (Lipinski definition) is 7. The molecule has 2 aromatic rings. The van der Waals surface area contributed by atoms with Gasteiger partial charge in [0.15, 0.2) is 0 Å². The summed E-state index contributed by atoms with van der Waals surface area (Å²) in [7, 11) is 0. The summed E-state index contributed by atoms with van der Waals surface area (Å²) in [6.45, 7) is 12.9. The lowest BCUT2D eigenvalue weighted by Gasteiger charge is -2.36. The number of halogens is 3. The van der Waals surface area contributed by atoms with Crippen LogP contribution < -0.4 is 20.4 Å². The Balaban J connectivity index is 1.47. The predicted octanol–water partition coefficient (Wildman–Crippen LogP) is 9.34. The summed E-state index contributed by atoms with van der Waals surface area (Å²) >= 11 is 1.23. The molecule has 2 unspecified atom stereocenters. The number of alkyl carbamates (subject to hydrolysis) is 1. The highest BCUT2D eigenvalue weighted by Gasteiger charge is 2.39. The molecule has 5 rings (SSSR count). The van der Waals surface area contributed by atoms with E-state index in [4.69, 9.17) is 9.47 Å². The monoisotopic (exact) mass is 662 g/mol. The number of nitrogens with one attached hydrogen (secondary N) is 2. The molecule has 0 radical (unpaired) electrons. The van der Waals surface area contributed by atoms with Crippen LogP contribution in [0, 0.1) is 5.92 Å². The molecule has 2 atom stereocenters. The molecule has 2 fully saturated rings. The van der Waals surface area contributed by atoms with E-state index in [9.17, 15) is 22.8 Å². The number of nitrogens with zero attached hydrogens (tertiary/aromatic N) is 2. The maximum atomic E-state index is 14.3. The maximum Gasteiger partial charge on any atom is 0.419 e. The smallest absolute Gasteiger partial charge is 0.419 e. The van der Waals surface area contributed by atoms with E-state index in [-0.39, 0.29) is 17.6 Å². The molecule has 1 aliphatic carbocycles. The predicted molar refractivity (Wildman–Crippen MR) is 175 cm³/mol. The quantitative estimate of drug-likeness (QED) is 0.330. The zero-order chi connectivity index (χ0) is 33.4. The second-order valence-electron chi connectivity index (χ2n) is 14.4. The summed E-state index contributed by atoms with van der Waals surface area (Å²) in [6.07, 6.45) is -0.393. The van der Waals surface area contributed by atoms with Gasteiger partial charge in [0.1, 0.15) is 11.2 Å². The Labute approximate surface area is 273 Å². The van der Waals surface area contributed by atoms with E-state index in [1.165, 1.54) is 16.7 Å². The first-order chi connectivity index (χ1) is 21.5. The summed E-state index contributed by atoms with van der Waals surface area (Å²) in [4.78, 5) is 30.9. The van der Waals surface area contributed by atoms with E-state index in [2.05, 4.69) is 15.5 Å². The second-order valence-corrected chi connectivity index (χ2v) is 15.5. The zero-order valence-corrected chi connectivity index (χ0v) is 28.3. The van der Waals surface area contributed by atoms with Gasteiger partial charge in [0, 0.05) is 41.2 Å². The third-order valence-electron chi connectivity index (χ3n) is 8.16. The van der Waals surface area contributed by atoms with Crippen LogP contribution in [-0.4, -0.2) is 49.1 Å². The molecule has 46 heavy (non-hydrogen) atoms. The summed E-state index contributed by atoms with van der Waals surface area (Å²) < 4.78 is 54.0. The van der Waals surface area contributed by atoms with Gasteiger partial charge in [-0.3, -0.25) is 0 Å². The number of carbonyl (C=O) groups excluding carboxylic acids is 2. The molecule has 2 N–H and O–H groups in total. The first kappa shape index (κ1) is 34.1. The van der Waals surface area contributed by atoms with Gasteiger partial charge in [-0.05, 0) is 110 Å². The highest BCUT2D eigenvalue weighted by molar-refractivity contribution is 7.99. The molecule has 0 aromatic heterocycles. The fourth-order valence-corrected chi connectivity index (χ4v) is 7.39. The van der Waals surface area contributed by atoms with E-state index in [1.54, 1.807) is 41.5 Å².